The van der Waals surface area contributed by atoms with Crippen LogP contribution in [-0.2, 0) is 25.5 Å². The number of hydrogen-bond donors (Lipinski definition) is 4. The highest BCUT2D eigenvalue weighted by molar-refractivity contribution is 5.92. The highest BCUT2D eigenvalue weighted by atomic mass is 19.1. The maximum atomic E-state index is 13.0. The molecular formula is C24H37FN4O5. The average Bonchev–Trinajstić information content (AvgIpc) is 2.67. The van der Waals surface area contributed by atoms with Crippen molar-refractivity contribution >= 4 is 23.8 Å². The molecular weight excluding hydrogens is 443 g/mol. The Hall–Kier alpha value is -3.17. The average molecular weight is 481 g/mol. The van der Waals surface area contributed by atoms with E-state index in [1.165, 1.54) is 12.1 Å². The first-order chi connectivity index (χ1) is 15.6. The predicted octanol–water partition coefficient (Wildman–Crippen LogP) is 2.19. The Morgan fingerprint density at radius 1 is 0.912 bits per heavy atom. The summed E-state index contributed by atoms with van der Waals surface area (Å²) in [6.45, 7) is 10.8. The number of nitrogens with one attached hydrogen (secondary N) is 4. The molecule has 1 unspecified atom stereocenters. The van der Waals surface area contributed by atoms with Crippen LogP contribution in [-0.4, -0.2) is 54.1 Å². The van der Waals surface area contributed by atoms with Gasteiger partial charge in [-0.3, -0.25) is 14.4 Å². The lowest BCUT2D eigenvalue weighted by molar-refractivity contribution is -0.132. The van der Waals surface area contributed by atoms with Crippen LogP contribution in [0.1, 0.15) is 59.9 Å². The molecule has 1 aromatic rings. The van der Waals surface area contributed by atoms with Crippen LogP contribution in [0.4, 0.5) is 9.18 Å². The Labute approximate surface area is 200 Å². The topological polar surface area (TPSA) is 126 Å². The van der Waals surface area contributed by atoms with Crippen molar-refractivity contribution in [3.05, 3.63) is 35.6 Å². The van der Waals surface area contributed by atoms with Crippen LogP contribution in [0, 0.1) is 5.82 Å². The molecule has 0 saturated carbocycles. The van der Waals surface area contributed by atoms with Crippen molar-refractivity contribution in [2.75, 3.05) is 13.1 Å². The molecule has 1 atom stereocenters. The van der Waals surface area contributed by atoms with E-state index in [4.69, 9.17) is 4.74 Å². The van der Waals surface area contributed by atoms with Gasteiger partial charge in [0.15, 0.2) is 0 Å². The van der Waals surface area contributed by atoms with Crippen molar-refractivity contribution in [3.8, 4) is 0 Å². The highest BCUT2D eigenvalue weighted by Crippen LogP contribution is 2.07. The maximum absolute atomic E-state index is 13.0. The molecule has 10 heteroatoms. The summed E-state index contributed by atoms with van der Waals surface area (Å²) in [6, 6.07) is 4.70. The predicted molar refractivity (Wildman–Crippen MR) is 126 cm³/mol. The van der Waals surface area contributed by atoms with E-state index in [1.54, 1.807) is 32.9 Å². The van der Waals surface area contributed by atoms with Gasteiger partial charge in [-0.2, -0.15) is 0 Å². The number of aryl methyl sites for hydroxylation is 1. The fraction of sp³-hybridized carbons (Fsp3) is 0.583. The van der Waals surface area contributed by atoms with Gasteiger partial charge in [0, 0.05) is 25.0 Å². The van der Waals surface area contributed by atoms with Gasteiger partial charge in [-0.15, -0.1) is 0 Å². The van der Waals surface area contributed by atoms with Crippen molar-refractivity contribution in [1.82, 2.24) is 21.3 Å². The molecule has 0 bridgehead atoms. The van der Waals surface area contributed by atoms with Crippen molar-refractivity contribution in [1.29, 1.82) is 0 Å². The first kappa shape index (κ1) is 28.9. The molecule has 34 heavy (non-hydrogen) atoms. The lowest BCUT2D eigenvalue weighted by atomic mass is 10.1. The molecule has 0 spiro atoms. The summed E-state index contributed by atoms with van der Waals surface area (Å²) >= 11 is 0. The Balaban J connectivity index is 2.64. The van der Waals surface area contributed by atoms with Gasteiger partial charge in [-0.05, 0) is 65.7 Å². The van der Waals surface area contributed by atoms with E-state index in [1.807, 2.05) is 20.8 Å². The van der Waals surface area contributed by atoms with Gasteiger partial charge < -0.3 is 26.0 Å². The number of alkyl carbamates (subject to hydrolysis) is 1. The van der Waals surface area contributed by atoms with Crippen LogP contribution in [0.2, 0.25) is 0 Å². The maximum Gasteiger partial charge on any atom is 0.407 e. The molecule has 190 valence electrons. The number of ether oxygens (including phenoxy) is 1. The molecule has 0 fully saturated rings. The van der Waals surface area contributed by atoms with Crippen LogP contribution >= 0.6 is 0 Å². The molecule has 1 aromatic carbocycles. The molecule has 1 rings (SSSR count). The molecule has 0 heterocycles. The van der Waals surface area contributed by atoms with Crippen LogP contribution < -0.4 is 21.3 Å². The summed E-state index contributed by atoms with van der Waals surface area (Å²) in [4.78, 5) is 49.2. The van der Waals surface area contributed by atoms with Gasteiger partial charge >= 0.3 is 6.09 Å². The molecule has 4 N–H and O–H groups in total. The Kier molecular flexibility index (Phi) is 11.0. The number of benzene rings is 1. The van der Waals surface area contributed by atoms with Crippen molar-refractivity contribution in [2.24, 2.45) is 0 Å². The van der Waals surface area contributed by atoms with Crippen LogP contribution in [0.5, 0.6) is 0 Å². The van der Waals surface area contributed by atoms with E-state index in [9.17, 15) is 23.6 Å². The number of hydrogen-bond acceptors (Lipinski definition) is 5. The summed E-state index contributed by atoms with van der Waals surface area (Å²) in [5, 5.41) is 10.5. The standard InChI is InChI=1S/C24H37FN4O5/c1-23(2,3)29-20(31)15-18(21(32)26-13-14-27-22(33)34-24(4,5)6)28-19(30)12-9-16-7-10-17(25)11-8-16/h7-8,10-11,18H,9,12-15H2,1-6H3,(H,26,32)(H,27,33)(H,28,30)(H,29,31). The van der Waals surface area contributed by atoms with Crippen LogP contribution in [0.15, 0.2) is 24.3 Å². The van der Waals surface area contributed by atoms with Gasteiger partial charge in [0.2, 0.25) is 17.7 Å². The molecule has 4 amide bonds. The Morgan fingerprint density at radius 2 is 1.50 bits per heavy atom. The van der Waals surface area contributed by atoms with E-state index in [0.29, 0.717) is 6.42 Å². The number of carbonyl (C=O) groups is 4. The third-order valence-corrected chi connectivity index (χ3v) is 4.20. The molecule has 0 aliphatic carbocycles. The first-order valence-electron chi connectivity index (χ1n) is 11.2. The molecule has 0 radical (unpaired) electrons. The summed E-state index contributed by atoms with van der Waals surface area (Å²) < 4.78 is 18.2. The zero-order chi connectivity index (χ0) is 25.9. The molecule has 0 saturated heterocycles. The molecule has 0 aliphatic rings. The van der Waals surface area contributed by atoms with Gasteiger partial charge in [0.25, 0.3) is 0 Å². The minimum atomic E-state index is -1.09. The number of rotatable bonds is 10. The summed E-state index contributed by atoms with van der Waals surface area (Å²) in [5.74, 6) is -1.72. The fourth-order valence-corrected chi connectivity index (χ4v) is 2.83. The second-order valence-corrected chi connectivity index (χ2v) is 9.97. The fourth-order valence-electron chi connectivity index (χ4n) is 2.83. The van der Waals surface area contributed by atoms with Gasteiger partial charge in [0.1, 0.15) is 17.5 Å². The van der Waals surface area contributed by atoms with Crippen LogP contribution in [0.25, 0.3) is 0 Å². The second kappa shape index (κ2) is 12.9. The lowest BCUT2D eigenvalue weighted by Crippen LogP contribution is -2.51. The third-order valence-electron chi connectivity index (χ3n) is 4.20. The molecule has 9 nitrogen and oxygen atoms in total. The largest absolute Gasteiger partial charge is 0.444 e. The number of halogens is 1. The highest BCUT2D eigenvalue weighted by Gasteiger charge is 2.25. The monoisotopic (exact) mass is 480 g/mol. The zero-order valence-corrected chi connectivity index (χ0v) is 20.8. The minimum Gasteiger partial charge on any atom is -0.444 e. The Morgan fingerprint density at radius 3 is 2.06 bits per heavy atom. The number of carbonyl (C=O) groups excluding carboxylic acids is 4. The van der Waals surface area contributed by atoms with Gasteiger partial charge in [-0.1, -0.05) is 12.1 Å². The minimum absolute atomic E-state index is 0.0660. The Bertz CT molecular complexity index is 844. The SMILES string of the molecule is CC(C)(C)NC(=O)CC(NC(=O)CCc1ccc(F)cc1)C(=O)NCCNC(=O)OC(C)(C)C. The van der Waals surface area contributed by atoms with E-state index >= 15 is 0 Å². The van der Waals surface area contributed by atoms with Crippen molar-refractivity contribution in [2.45, 2.75) is 78.0 Å². The normalized spacial score (nSPS) is 12.3. The van der Waals surface area contributed by atoms with E-state index in [0.717, 1.165) is 5.56 Å². The quantitative estimate of drug-likeness (QED) is 0.382. The summed E-state index contributed by atoms with van der Waals surface area (Å²) in [7, 11) is 0. The second-order valence-electron chi connectivity index (χ2n) is 9.97. The van der Waals surface area contributed by atoms with Crippen molar-refractivity contribution < 1.29 is 28.3 Å². The molecule has 0 aromatic heterocycles. The van der Waals surface area contributed by atoms with Crippen molar-refractivity contribution in [3.63, 3.8) is 0 Å². The lowest BCUT2D eigenvalue weighted by Gasteiger charge is -2.23. The zero-order valence-electron chi connectivity index (χ0n) is 20.8. The van der Waals surface area contributed by atoms with E-state index < -0.39 is 41.0 Å². The summed E-state index contributed by atoms with van der Waals surface area (Å²) in [6.07, 6.45) is -0.438. The van der Waals surface area contributed by atoms with Gasteiger partial charge in [-0.25, -0.2) is 9.18 Å². The van der Waals surface area contributed by atoms with Gasteiger partial charge in [0.05, 0.1) is 6.42 Å². The smallest absolute Gasteiger partial charge is 0.407 e. The first-order valence-corrected chi connectivity index (χ1v) is 11.2. The molecule has 0 aliphatic heterocycles. The summed E-state index contributed by atoms with van der Waals surface area (Å²) in [5.41, 5.74) is -0.366. The van der Waals surface area contributed by atoms with Crippen LogP contribution in [0.3, 0.4) is 0 Å². The van der Waals surface area contributed by atoms with E-state index in [-0.39, 0.29) is 31.7 Å². The van der Waals surface area contributed by atoms with E-state index in [2.05, 4.69) is 21.3 Å². The third kappa shape index (κ3) is 13.4. The number of amides is 4.